The van der Waals surface area contributed by atoms with Crippen LogP contribution in [-0.2, 0) is 4.79 Å². The van der Waals surface area contributed by atoms with E-state index in [9.17, 15) is 4.79 Å². The fourth-order valence-corrected chi connectivity index (χ4v) is 4.22. The number of anilines is 2. The molecular formula is C26H34N2O2. The van der Waals surface area contributed by atoms with Crippen molar-refractivity contribution >= 4 is 17.2 Å². The first kappa shape index (κ1) is 22.1. The summed E-state index contributed by atoms with van der Waals surface area (Å²) in [6.45, 7) is 12.6. The summed E-state index contributed by atoms with van der Waals surface area (Å²) < 4.78 is 0. The number of aliphatic hydroxyl groups is 1. The predicted octanol–water partition coefficient (Wildman–Crippen LogP) is 5.83. The van der Waals surface area contributed by atoms with Gasteiger partial charge in [0.25, 0.3) is 0 Å². The SMILES string of the molecule is CCO.Cc1ccc(C2Nc3cc(C)c(C)cc3NC3=C2C(=O)CC(C)(C)C3)cc1. The number of fused-ring (bicyclic) bond motifs is 1. The first-order valence-electron chi connectivity index (χ1n) is 10.7. The van der Waals surface area contributed by atoms with Gasteiger partial charge in [-0.1, -0.05) is 43.7 Å². The molecule has 4 heteroatoms. The molecule has 0 amide bonds. The number of hydrogen-bond acceptors (Lipinski definition) is 4. The molecule has 2 aromatic carbocycles. The Bertz CT molecular complexity index is 971. The summed E-state index contributed by atoms with van der Waals surface area (Å²) in [5.41, 5.74) is 8.91. The van der Waals surface area contributed by atoms with Gasteiger partial charge in [-0.3, -0.25) is 4.79 Å². The Balaban J connectivity index is 0.000000806. The number of carbonyl (C=O) groups is 1. The maximum absolute atomic E-state index is 13.2. The van der Waals surface area contributed by atoms with Crippen molar-refractivity contribution < 1.29 is 9.90 Å². The number of Topliss-reactive ketones (excluding diaryl/α,β-unsaturated/α-hetero) is 1. The highest BCUT2D eigenvalue weighted by atomic mass is 16.2. The normalized spacial score (nSPS) is 19.4. The van der Waals surface area contributed by atoms with Crippen molar-refractivity contribution in [2.75, 3.05) is 17.2 Å². The molecule has 30 heavy (non-hydrogen) atoms. The van der Waals surface area contributed by atoms with Gasteiger partial charge in [0.15, 0.2) is 5.78 Å². The second kappa shape index (κ2) is 8.65. The summed E-state index contributed by atoms with van der Waals surface area (Å²) in [6.07, 6.45) is 1.47. The maximum Gasteiger partial charge on any atom is 0.163 e. The van der Waals surface area contributed by atoms with Crippen molar-refractivity contribution in [1.29, 1.82) is 0 Å². The lowest BCUT2D eigenvalue weighted by molar-refractivity contribution is -0.118. The van der Waals surface area contributed by atoms with Gasteiger partial charge in [-0.25, -0.2) is 0 Å². The van der Waals surface area contributed by atoms with Gasteiger partial charge in [0.1, 0.15) is 0 Å². The smallest absolute Gasteiger partial charge is 0.163 e. The molecule has 2 aromatic rings. The van der Waals surface area contributed by atoms with Crippen molar-refractivity contribution in [1.82, 2.24) is 0 Å². The molecule has 3 N–H and O–H groups in total. The van der Waals surface area contributed by atoms with E-state index in [0.29, 0.717) is 6.42 Å². The van der Waals surface area contributed by atoms with Crippen LogP contribution in [0, 0.1) is 26.2 Å². The van der Waals surface area contributed by atoms with Crippen molar-refractivity contribution in [2.24, 2.45) is 5.41 Å². The van der Waals surface area contributed by atoms with E-state index in [1.165, 1.54) is 16.7 Å². The van der Waals surface area contributed by atoms with E-state index in [1.54, 1.807) is 6.92 Å². The van der Waals surface area contributed by atoms with Crippen molar-refractivity contribution in [2.45, 2.75) is 60.4 Å². The van der Waals surface area contributed by atoms with E-state index in [-0.39, 0.29) is 23.8 Å². The van der Waals surface area contributed by atoms with E-state index in [4.69, 9.17) is 5.11 Å². The van der Waals surface area contributed by atoms with Gasteiger partial charge in [0, 0.05) is 24.3 Å². The number of allylic oxidation sites excluding steroid dienone is 1. The zero-order valence-electron chi connectivity index (χ0n) is 19.0. The Morgan fingerprint density at radius 3 is 2.17 bits per heavy atom. The zero-order valence-corrected chi connectivity index (χ0v) is 19.0. The Morgan fingerprint density at radius 1 is 1.00 bits per heavy atom. The average molecular weight is 407 g/mol. The number of nitrogens with one attached hydrogen (secondary N) is 2. The number of carbonyl (C=O) groups excluding carboxylic acids is 1. The zero-order chi connectivity index (χ0) is 22.1. The average Bonchev–Trinajstić information content (AvgIpc) is 2.79. The van der Waals surface area contributed by atoms with E-state index >= 15 is 0 Å². The number of hydrogen-bond donors (Lipinski definition) is 3. The topological polar surface area (TPSA) is 61.4 Å². The van der Waals surface area contributed by atoms with Crippen LogP contribution in [0.1, 0.15) is 61.9 Å². The molecule has 0 bridgehead atoms. The van der Waals surface area contributed by atoms with Crippen LogP contribution >= 0.6 is 0 Å². The molecular weight excluding hydrogens is 372 g/mol. The summed E-state index contributed by atoms with van der Waals surface area (Å²) in [4.78, 5) is 13.2. The summed E-state index contributed by atoms with van der Waals surface area (Å²) in [5.74, 6) is 0.244. The minimum atomic E-state index is -0.125. The molecule has 0 spiro atoms. The first-order chi connectivity index (χ1) is 14.1. The van der Waals surface area contributed by atoms with E-state index in [0.717, 1.165) is 34.6 Å². The third-order valence-electron chi connectivity index (χ3n) is 5.84. The lowest BCUT2D eigenvalue weighted by Gasteiger charge is -2.34. The van der Waals surface area contributed by atoms with Gasteiger partial charge in [0.05, 0.1) is 17.4 Å². The Labute approximate surface area is 180 Å². The van der Waals surface area contributed by atoms with Crippen LogP contribution in [0.5, 0.6) is 0 Å². The second-order valence-corrected chi connectivity index (χ2v) is 9.24. The molecule has 0 fully saturated rings. The highest BCUT2D eigenvalue weighted by Crippen LogP contribution is 2.45. The highest BCUT2D eigenvalue weighted by molar-refractivity contribution is 6.01. The quantitative estimate of drug-likeness (QED) is 0.557. The van der Waals surface area contributed by atoms with Crippen LogP contribution in [0.4, 0.5) is 11.4 Å². The number of ketones is 1. The van der Waals surface area contributed by atoms with Crippen molar-refractivity contribution in [3.63, 3.8) is 0 Å². The highest BCUT2D eigenvalue weighted by Gasteiger charge is 2.38. The summed E-state index contributed by atoms with van der Waals surface area (Å²) >= 11 is 0. The van der Waals surface area contributed by atoms with E-state index in [1.807, 2.05) is 0 Å². The van der Waals surface area contributed by atoms with Crippen LogP contribution < -0.4 is 10.6 Å². The number of aliphatic hydroxyl groups excluding tert-OH is 1. The minimum Gasteiger partial charge on any atom is -0.397 e. The van der Waals surface area contributed by atoms with Crippen molar-refractivity contribution in [3.8, 4) is 0 Å². The lowest BCUT2D eigenvalue weighted by Crippen LogP contribution is -2.31. The predicted molar refractivity (Wildman–Crippen MR) is 125 cm³/mol. The number of rotatable bonds is 1. The van der Waals surface area contributed by atoms with Gasteiger partial charge >= 0.3 is 0 Å². The standard InChI is InChI=1S/C24H28N2O.C2H6O/c1-14-6-8-17(9-7-14)23-22-20(12-24(4,5)13-21(22)27)25-18-10-15(2)16(3)11-19(18)26-23;1-2-3/h6-11,23,25-26H,12-13H2,1-5H3;3H,2H2,1H3. The molecule has 0 saturated carbocycles. The Kier molecular flexibility index (Phi) is 6.37. The van der Waals surface area contributed by atoms with E-state index in [2.05, 4.69) is 81.7 Å². The molecule has 0 radical (unpaired) electrons. The fraction of sp³-hybridized carbons (Fsp3) is 0.423. The molecule has 1 unspecified atom stereocenters. The largest absolute Gasteiger partial charge is 0.397 e. The van der Waals surface area contributed by atoms with Crippen LogP contribution in [-0.4, -0.2) is 17.5 Å². The molecule has 0 aromatic heterocycles. The lowest BCUT2D eigenvalue weighted by atomic mass is 9.73. The van der Waals surface area contributed by atoms with Gasteiger partial charge in [-0.2, -0.15) is 0 Å². The molecule has 0 saturated heterocycles. The van der Waals surface area contributed by atoms with Gasteiger partial charge in [-0.15, -0.1) is 0 Å². The van der Waals surface area contributed by atoms with E-state index < -0.39 is 0 Å². The molecule has 2 aliphatic rings. The molecule has 1 aliphatic heterocycles. The molecule has 160 valence electrons. The van der Waals surface area contributed by atoms with Crippen LogP contribution in [0.3, 0.4) is 0 Å². The summed E-state index contributed by atoms with van der Waals surface area (Å²) in [5, 5.41) is 14.9. The fourth-order valence-electron chi connectivity index (χ4n) is 4.22. The molecule has 1 aliphatic carbocycles. The minimum absolute atomic E-state index is 0.0228. The maximum atomic E-state index is 13.2. The molecule has 1 heterocycles. The third kappa shape index (κ3) is 4.59. The van der Waals surface area contributed by atoms with Crippen LogP contribution in [0.25, 0.3) is 0 Å². The van der Waals surface area contributed by atoms with Gasteiger partial charge < -0.3 is 15.7 Å². The van der Waals surface area contributed by atoms with Crippen LogP contribution in [0.15, 0.2) is 47.7 Å². The molecule has 4 nitrogen and oxygen atoms in total. The van der Waals surface area contributed by atoms with Crippen LogP contribution in [0.2, 0.25) is 0 Å². The molecule has 4 rings (SSSR count). The Morgan fingerprint density at radius 2 is 1.57 bits per heavy atom. The summed E-state index contributed by atoms with van der Waals surface area (Å²) in [7, 11) is 0. The monoisotopic (exact) mass is 406 g/mol. The van der Waals surface area contributed by atoms with Gasteiger partial charge in [-0.05, 0) is 68.4 Å². The first-order valence-corrected chi connectivity index (χ1v) is 10.7. The van der Waals surface area contributed by atoms with Crippen molar-refractivity contribution in [3.05, 3.63) is 69.9 Å². The third-order valence-corrected chi connectivity index (χ3v) is 5.84. The number of aryl methyl sites for hydroxylation is 3. The Hall–Kier alpha value is -2.59. The molecule has 1 atom stereocenters. The number of benzene rings is 2. The second-order valence-electron chi connectivity index (χ2n) is 9.24. The summed E-state index contributed by atoms with van der Waals surface area (Å²) in [6, 6.07) is 12.8. The van der Waals surface area contributed by atoms with Gasteiger partial charge in [0.2, 0.25) is 0 Å².